The average molecular weight is 314 g/mol. The van der Waals surface area contributed by atoms with Gasteiger partial charge in [-0.1, -0.05) is 0 Å². The van der Waals surface area contributed by atoms with Crippen molar-refractivity contribution in [2.24, 2.45) is 0 Å². The first-order valence-corrected chi connectivity index (χ1v) is 5.64. The Kier molecular flexibility index (Phi) is 6.08. The zero-order valence-corrected chi connectivity index (χ0v) is 10.4. The number of hydrogen-bond acceptors (Lipinski definition) is 6. The molecule has 1 aliphatic heterocycles. The molecule has 1 saturated heterocycles. The molecule has 11 heteroatoms. The molecule has 21 heavy (non-hydrogen) atoms. The molecule has 0 amide bonds. The van der Waals surface area contributed by atoms with Crippen LogP contribution in [0.3, 0.4) is 0 Å². The van der Waals surface area contributed by atoms with E-state index in [2.05, 4.69) is 0 Å². The van der Waals surface area contributed by atoms with Gasteiger partial charge in [-0.15, -0.1) is 0 Å². The summed E-state index contributed by atoms with van der Waals surface area (Å²) in [6.07, 6.45) is -3.58. The number of aromatic nitrogens is 2. The molecule has 1 fully saturated rings. The van der Waals surface area contributed by atoms with Gasteiger partial charge in [-0.2, -0.15) is 13.2 Å². The summed E-state index contributed by atoms with van der Waals surface area (Å²) in [4.78, 5) is 24.3. The van der Waals surface area contributed by atoms with Crippen molar-refractivity contribution < 1.29 is 33.2 Å². The predicted molar refractivity (Wildman–Crippen MR) is 61.4 cm³/mol. The molecule has 0 saturated carbocycles. The fourth-order valence-electron chi connectivity index (χ4n) is 1.74. The van der Waals surface area contributed by atoms with E-state index in [1.807, 2.05) is 4.98 Å². The van der Waals surface area contributed by atoms with E-state index < -0.39 is 49.1 Å². The van der Waals surface area contributed by atoms with Crippen molar-refractivity contribution in [2.75, 3.05) is 6.61 Å². The van der Waals surface area contributed by atoms with Gasteiger partial charge in [0.05, 0.1) is 6.61 Å². The van der Waals surface area contributed by atoms with Gasteiger partial charge in [-0.25, -0.2) is 4.79 Å². The minimum atomic E-state index is -3.67. The van der Waals surface area contributed by atoms with Crippen molar-refractivity contribution in [1.29, 1.82) is 0 Å². The monoisotopic (exact) mass is 314 g/mol. The largest absolute Gasteiger partial charge is 0.394 e. The molecule has 4 N–H and O–H groups in total. The van der Waals surface area contributed by atoms with Crippen LogP contribution in [0.15, 0.2) is 21.9 Å². The smallest absolute Gasteiger partial charge is 0.379 e. The predicted octanol–water partition coefficient (Wildman–Crippen LogP) is -1.67. The van der Waals surface area contributed by atoms with E-state index >= 15 is 0 Å². The van der Waals surface area contributed by atoms with E-state index in [4.69, 9.17) is 9.84 Å². The molecule has 0 aliphatic carbocycles. The molecule has 0 aromatic carbocycles. The Hall–Kier alpha value is -1.69. The highest BCUT2D eigenvalue weighted by Gasteiger charge is 2.43. The Balaban J connectivity index is 0.000000491. The summed E-state index contributed by atoms with van der Waals surface area (Å²) in [6, 6.07) is 1.09. The number of ether oxygens (including phenoxy) is 1. The van der Waals surface area contributed by atoms with Crippen LogP contribution in [-0.4, -0.2) is 56.5 Å². The lowest BCUT2D eigenvalue weighted by Gasteiger charge is -2.16. The third kappa shape index (κ3) is 4.39. The van der Waals surface area contributed by atoms with Crippen LogP contribution in [0, 0.1) is 0 Å². The van der Waals surface area contributed by atoms with Crippen LogP contribution in [0.5, 0.6) is 0 Å². The van der Waals surface area contributed by atoms with Crippen LogP contribution in [0.1, 0.15) is 6.23 Å². The maximum absolute atomic E-state index is 11.4. The van der Waals surface area contributed by atoms with Crippen LogP contribution in [0.25, 0.3) is 0 Å². The topological polar surface area (TPSA) is 125 Å². The molecule has 120 valence electrons. The van der Waals surface area contributed by atoms with Gasteiger partial charge < -0.3 is 20.1 Å². The van der Waals surface area contributed by atoms with Crippen molar-refractivity contribution in [2.45, 2.75) is 31.2 Å². The Labute approximate surface area is 115 Å². The fraction of sp³-hybridized carbons (Fsp3) is 0.600. The maximum atomic E-state index is 11.4. The summed E-state index contributed by atoms with van der Waals surface area (Å²) in [5.41, 5.74) is -1.33. The van der Waals surface area contributed by atoms with Gasteiger partial charge in [-0.05, 0) is 0 Å². The zero-order valence-electron chi connectivity index (χ0n) is 10.4. The Morgan fingerprint density at radius 1 is 1.29 bits per heavy atom. The minimum Gasteiger partial charge on any atom is -0.394 e. The lowest BCUT2D eigenvalue weighted by atomic mass is 10.1. The molecule has 0 unspecified atom stereocenters. The molecule has 1 aromatic rings. The number of H-pyrrole nitrogens is 1. The van der Waals surface area contributed by atoms with E-state index in [9.17, 15) is 33.0 Å². The quantitative estimate of drug-likeness (QED) is 0.517. The van der Waals surface area contributed by atoms with Crippen molar-refractivity contribution in [3.8, 4) is 0 Å². The van der Waals surface area contributed by atoms with Gasteiger partial charge >= 0.3 is 12.4 Å². The van der Waals surface area contributed by atoms with Crippen LogP contribution in [0.4, 0.5) is 13.2 Å². The highest BCUT2D eigenvalue weighted by molar-refractivity contribution is 4.92. The summed E-state index contributed by atoms with van der Waals surface area (Å²) in [5, 5.41) is 28.1. The number of aliphatic hydroxyl groups excluding tert-OH is 3. The summed E-state index contributed by atoms with van der Waals surface area (Å²) in [7, 11) is 0. The van der Waals surface area contributed by atoms with Crippen molar-refractivity contribution in [1.82, 2.24) is 9.55 Å². The summed E-state index contributed by atoms with van der Waals surface area (Å²) < 4.78 is 35.1. The molecule has 0 radical (unpaired) electrons. The molecular weight excluding hydrogens is 301 g/mol. The van der Waals surface area contributed by atoms with E-state index in [1.165, 1.54) is 0 Å². The summed E-state index contributed by atoms with van der Waals surface area (Å²) >= 11 is 0. The highest BCUT2D eigenvalue weighted by Crippen LogP contribution is 2.27. The lowest BCUT2D eigenvalue weighted by molar-refractivity contribution is -0.0550. The van der Waals surface area contributed by atoms with Gasteiger partial charge in [-0.3, -0.25) is 14.3 Å². The van der Waals surface area contributed by atoms with E-state index in [1.54, 1.807) is 0 Å². The van der Waals surface area contributed by atoms with Crippen LogP contribution in [0.2, 0.25) is 0 Å². The van der Waals surface area contributed by atoms with Crippen LogP contribution in [-0.2, 0) is 4.74 Å². The SMILES string of the molecule is FC(F)F.O=c1ccn([C@@H]2O[C@H](CO)[C@@H](O)[C@H]2O)c(=O)[nH]1. The molecule has 2 rings (SSSR count). The number of aliphatic hydroxyl groups is 3. The normalized spacial score (nSPS) is 28.3. The maximum Gasteiger partial charge on any atom is 0.379 e. The second-order valence-electron chi connectivity index (χ2n) is 3.99. The number of hydrogen-bond donors (Lipinski definition) is 4. The number of nitrogens with one attached hydrogen (secondary N) is 1. The Morgan fingerprint density at radius 3 is 2.29 bits per heavy atom. The average Bonchev–Trinajstić information content (AvgIpc) is 2.66. The molecule has 8 nitrogen and oxygen atoms in total. The molecule has 4 atom stereocenters. The van der Waals surface area contributed by atoms with Crippen molar-refractivity contribution >= 4 is 0 Å². The molecular formula is C10H13F3N2O6. The number of aromatic amines is 1. The summed E-state index contributed by atoms with van der Waals surface area (Å²) in [6.45, 7) is -4.15. The zero-order chi connectivity index (χ0) is 16.2. The molecule has 1 aromatic heterocycles. The third-order valence-electron chi connectivity index (χ3n) is 2.64. The van der Waals surface area contributed by atoms with E-state index in [0.717, 1.165) is 16.8 Å². The standard InChI is InChI=1S/C9H12N2O6.CHF3/c12-3-4-6(14)7(15)8(17-4)11-2-1-5(13)10-9(11)16;2-1(3)4/h1-2,4,6-8,12,14-15H,3H2,(H,10,13,16);1H/t4-,6-,7-,8-;/m1./s1. The summed E-state index contributed by atoms with van der Waals surface area (Å²) in [5.74, 6) is 0. The second-order valence-corrected chi connectivity index (χ2v) is 3.99. The first kappa shape index (κ1) is 17.4. The minimum absolute atomic E-state index is 0.479. The van der Waals surface area contributed by atoms with Crippen molar-refractivity contribution in [3.63, 3.8) is 0 Å². The number of halogens is 3. The second kappa shape index (κ2) is 7.36. The van der Waals surface area contributed by atoms with Gasteiger partial charge in [0.15, 0.2) is 6.23 Å². The Morgan fingerprint density at radius 2 is 1.86 bits per heavy atom. The van der Waals surface area contributed by atoms with Crippen LogP contribution < -0.4 is 11.2 Å². The third-order valence-corrected chi connectivity index (χ3v) is 2.64. The van der Waals surface area contributed by atoms with Crippen molar-refractivity contribution in [3.05, 3.63) is 33.1 Å². The molecule has 2 heterocycles. The van der Waals surface area contributed by atoms with Gasteiger partial charge in [0.2, 0.25) is 0 Å². The molecule has 0 spiro atoms. The lowest BCUT2D eigenvalue weighted by Crippen LogP contribution is -2.37. The van der Waals surface area contributed by atoms with Crippen LogP contribution >= 0.6 is 0 Å². The number of rotatable bonds is 2. The van der Waals surface area contributed by atoms with Gasteiger partial charge in [0, 0.05) is 12.3 Å². The van der Waals surface area contributed by atoms with Gasteiger partial charge in [0.25, 0.3) is 5.56 Å². The highest BCUT2D eigenvalue weighted by atomic mass is 19.4. The molecule has 1 aliphatic rings. The number of alkyl halides is 3. The molecule has 0 bridgehead atoms. The van der Waals surface area contributed by atoms with Gasteiger partial charge in [0.1, 0.15) is 18.3 Å². The van der Waals surface area contributed by atoms with E-state index in [-0.39, 0.29) is 0 Å². The first-order chi connectivity index (χ1) is 9.77. The first-order valence-electron chi connectivity index (χ1n) is 5.64. The number of nitrogens with zero attached hydrogens (tertiary/aromatic N) is 1. The Bertz CT molecular complexity index is 559. The van der Waals surface area contributed by atoms with E-state index in [0.29, 0.717) is 0 Å². The fourth-order valence-corrected chi connectivity index (χ4v) is 1.74.